The highest BCUT2D eigenvalue weighted by Gasteiger charge is 2.09. The van der Waals surface area contributed by atoms with Crippen LogP contribution < -0.4 is 5.32 Å². The number of fused-ring (bicyclic) bond motifs is 1. The molecular weight excluding hydrogens is 284 g/mol. The third kappa shape index (κ3) is 2.85. The molecule has 0 saturated heterocycles. The van der Waals surface area contributed by atoms with Crippen molar-refractivity contribution in [1.29, 1.82) is 0 Å². The van der Waals surface area contributed by atoms with Crippen molar-refractivity contribution in [3.63, 3.8) is 0 Å². The van der Waals surface area contributed by atoms with Crippen molar-refractivity contribution < 1.29 is 0 Å². The Bertz CT molecular complexity index is 747. The first-order valence-corrected chi connectivity index (χ1v) is 7.47. The number of hydrogen-bond acceptors (Lipinski definition) is 3. The Morgan fingerprint density at radius 2 is 2.00 bits per heavy atom. The lowest BCUT2D eigenvalue weighted by atomic mass is 10.1. The summed E-state index contributed by atoms with van der Waals surface area (Å²) in [6, 6.07) is 10.1. The number of aromatic nitrogens is 3. The van der Waals surface area contributed by atoms with E-state index in [1.165, 1.54) is 0 Å². The van der Waals surface area contributed by atoms with Crippen LogP contribution in [0.1, 0.15) is 31.0 Å². The van der Waals surface area contributed by atoms with E-state index in [2.05, 4.69) is 35.3 Å². The lowest BCUT2D eigenvalue weighted by Crippen LogP contribution is -1.97. The summed E-state index contributed by atoms with van der Waals surface area (Å²) >= 11 is 5.81. The predicted octanol–water partition coefficient (Wildman–Crippen LogP) is 4.34. The van der Waals surface area contributed by atoms with Gasteiger partial charge in [-0.15, -0.1) is 11.6 Å². The highest BCUT2D eigenvalue weighted by atomic mass is 35.5. The van der Waals surface area contributed by atoms with Crippen molar-refractivity contribution in [1.82, 2.24) is 14.6 Å². The predicted molar refractivity (Wildman–Crippen MR) is 86.4 cm³/mol. The van der Waals surface area contributed by atoms with Gasteiger partial charge in [-0.1, -0.05) is 26.0 Å². The molecule has 4 nitrogen and oxygen atoms in total. The second kappa shape index (κ2) is 5.74. The van der Waals surface area contributed by atoms with Gasteiger partial charge in [0, 0.05) is 24.0 Å². The summed E-state index contributed by atoms with van der Waals surface area (Å²) < 4.78 is 1.86. The lowest BCUT2D eigenvalue weighted by Gasteiger charge is -2.07. The Labute approximate surface area is 128 Å². The molecule has 0 fully saturated rings. The first-order valence-electron chi connectivity index (χ1n) is 6.93. The van der Waals surface area contributed by atoms with Gasteiger partial charge in [0.15, 0.2) is 5.82 Å². The van der Waals surface area contributed by atoms with Crippen LogP contribution in [0.25, 0.3) is 5.52 Å². The van der Waals surface area contributed by atoms with Crippen molar-refractivity contribution in [2.24, 2.45) is 0 Å². The molecule has 0 aliphatic carbocycles. The van der Waals surface area contributed by atoms with E-state index in [-0.39, 0.29) is 0 Å². The molecule has 21 heavy (non-hydrogen) atoms. The molecular formula is C16H17ClN4. The van der Waals surface area contributed by atoms with Crippen LogP contribution in [-0.2, 0) is 5.88 Å². The Kier molecular flexibility index (Phi) is 3.80. The van der Waals surface area contributed by atoms with E-state index >= 15 is 0 Å². The van der Waals surface area contributed by atoms with Gasteiger partial charge in [0.05, 0.1) is 5.69 Å². The summed E-state index contributed by atoms with van der Waals surface area (Å²) in [5, 5.41) is 7.90. The van der Waals surface area contributed by atoms with Crippen molar-refractivity contribution in [3.05, 3.63) is 54.0 Å². The number of anilines is 2. The maximum Gasteiger partial charge on any atom is 0.156 e. The fourth-order valence-electron chi connectivity index (χ4n) is 2.13. The largest absolute Gasteiger partial charge is 0.338 e. The van der Waals surface area contributed by atoms with Gasteiger partial charge in [0.1, 0.15) is 5.52 Å². The second-order valence-electron chi connectivity index (χ2n) is 5.29. The fourth-order valence-corrected chi connectivity index (χ4v) is 2.31. The zero-order valence-corrected chi connectivity index (χ0v) is 12.8. The topological polar surface area (TPSA) is 42.2 Å². The Morgan fingerprint density at radius 1 is 1.24 bits per heavy atom. The molecule has 3 aromatic rings. The van der Waals surface area contributed by atoms with Gasteiger partial charge in [0.25, 0.3) is 0 Å². The average Bonchev–Trinajstić information content (AvgIpc) is 2.93. The minimum absolute atomic E-state index is 0.390. The number of halogens is 1. The van der Waals surface area contributed by atoms with Crippen molar-refractivity contribution in [2.75, 3.05) is 5.32 Å². The SMILES string of the molecule is CC(C)c1cc2c(Nc3ccc(CCl)cc3)nccn2n1. The van der Waals surface area contributed by atoms with Crippen LogP contribution in [0, 0.1) is 0 Å². The summed E-state index contributed by atoms with van der Waals surface area (Å²) in [6.07, 6.45) is 3.61. The molecule has 108 valence electrons. The molecule has 1 N–H and O–H groups in total. The van der Waals surface area contributed by atoms with Crippen LogP contribution in [0.5, 0.6) is 0 Å². The zero-order chi connectivity index (χ0) is 14.8. The molecule has 5 heteroatoms. The van der Waals surface area contributed by atoms with E-state index < -0.39 is 0 Å². The van der Waals surface area contributed by atoms with Gasteiger partial charge in [-0.25, -0.2) is 9.50 Å². The first-order chi connectivity index (χ1) is 10.2. The highest BCUT2D eigenvalue weighted by Crippen LogP contribution is 2.23. The van der Waals surface area contributed by atoms with Crippen LogP contribution in [0.3, 0.4) is 0 Å². The molecule has 0 aliphatic heterocycles. The van der Waals surface area contributed by atoms with Crippen molar-refractivity contribution in [3.8, 4) is 0 Å². The standard InChI is InChI=1S/C16H17ClN4/c1-11(2)14-9-15-16(18-7-8-21(15)20-14)19-13-5-3-12(10-17)4-6-13/h3-9,11H,10H2,1-2H3,(H,18,19). The smallest absolute Gasteiger partial charge is 0.156 e. The number of alkyl halides is 1. The number of hydrogen-bond donors (Lipinski definition) is 1. The van der Waals surface area contributed by atoms with Gasteiger partial charge in [-0.2, -0.15) is 5.10 Å². The van der Waals surface area contributed by atoms with Crippen LogP contribution in [-0.4, -0.2) is 14.6 Å². The maximum absolute atomic E-state index is 5.81. The quantitative estimate of drug-likeness (QED) is 0.729. The minimum Gasteiger partial charge on any atom is -0.338 e. The van der Waals surface area contributed by atoms with Crippen LogP contribution in [0.2, 0.25) is 0 Å². The Balaban J connectivity index is 1.95. The summed E-state index contributed by atoms with van der Waals surface area (Å²) in [4.78, 5) is 4.42. The zero-order valence-electron chi connectivity index (χ0n) is 12.0. The molecule has 0 radical (unpaired) electrons. The third-order valence-corrected chi connectivity index (χ3v) is 3.68. The van der Waals surface area contributed by atoms with E-state index in [9.17, 15) is 0 Å². The first kappa shape index (κ1) is 13.9. The normalized spacial score (nSPS) is 11.2. The summed E-state index contributed by atoms with van der Waals surface area (Å²) in [7, 11) is 0. The average molecular weight is 301 g/mol. The molecule has 0 aliphatic rings. The van der Waals surface area contributed by atoms with Gasteiger partial charge in [-0.05, 0) is 29.7 Å². The Hall–Kier alpha value is -2.07. The van der Waals surface area contributed by atoms with E-state index in [1.807, 2.05) is 35.0 Å². The lowest BCUT2D eigenvalue weighted by molar-refractivity contribution is 0.787. The minimum atomic E-state index is 0.390. The number of benzene rings is 1. The van der Waals surface area contributed by atoms with E-state index in [4.69, 9.17) is 11.6 Å². The van der Waals surface area contributed by atoms with Gasteiger partial charge in [-0.3, -0.25) is 0 Å². The number of rotatable bonds is 4. The van der Waals surface area contributed by atoms with Crippen molar-refractivity contribution >= 4 is 28.6 Å². The van der Waals surface area contributed by atoms with Crippen LogP contribution >= 0.6 is 11.6 Å². The molecule has 2 heterocycles. The highest BCUT2D eigenvalue weighted by molar-refractivity contribution is 6.17. The molecule has 0 spiro atoms. The van der Waals surface area contributed by atoms with E-state index in [0.29, 0.717) is 11.8 Å². The monoisotopic (exact) mass is 300 g/mol. The Morgan fingerprint density at radius 3 is 2.67 bits per heavy atom. The van der Waals surface area contributed by atoms with E-state index in [1.54, 1.807) is 6.20 Å². The molecule has 0 saturated carbocycles. The van der Waals surface area contributed by atoms with E-state index in [0.717, 1.165) is 28.3 Å². The molecule has 2 aromatic heterocycles. The molecule has 3 rings (SSSR count). The molecule has 0 bridgehead atoms. The number of nitrogens with zero attached hydrogens (tertiary/aromatic N) is 3. The second-order valence-corrected chi connectivity index (χ2v) is 5.55. The van der Waals surface area contributed by atoms with Gasteiger partial charge >= 0.3 is 0 Å². The third-order valence-electron chi connectivity index (χ3n) is 3.37. The van der Waals surface area contributed by atoms with Crippen LogP contribution in [0.4, 0.5) is 11.5 Å². The number of nitrogens with one attached hydrogen (secondary N) is 1. The van der Waals surface area contributed by atoms with Gasteiger partial charge < -0.3 is 5.32 Å². The molecule has 0 amide bonds. The summed E-state index contributed by atoms with van der Waals surface area (Å²) in [6.45, 7) is 4.26. The molecule has 0 unspecified atom stereocenters. The summed E-state index contributed by atoms with van der Waals surface area (Å²) in [5.74, 6) is 1.71. The maximum atomic E-state index is 5.81. The van der Waals surface area contributed by atoms with Gasteiger partial charge in [0.2, 0.25) is 0 Å². The molecule has 0 atom stereocenters. The van der Waals surface area contributed by atoms with Crippen LogP contribution in [0.15, 0.2) is 42.7 Å². The fraction of sp³-hybridized carbons (Fsp3) is 0.250. The molecule has 1 aromatic carbocycles. The summed E-state index contributed by atoms with van der Waals surface area (Å²) in [5.41, 5.74) is 4.11. The van der Waals surface area contributed by atoms with Crippen molar-refractivity contribution in [2.45, 2.75) is 25.6 Å².